The smallest absolute Gasteiger partial charge is 0.261 e. The van der Waals surface area contributed by atoms with Gasteiger partial charge < -0.3 is 10.1 Å². The molecule has 0 aliphatic heterocycles. The number of rotatable bonds is 7. The number of aryl methyl sites for hydroxylation is 1. The molecule has 110 valence electrons. The summed E-state index contributed by atoms with van der Waals surface area (Å²) in [7, 11) is 0. The van der Waals surface area contributed by atoms with Gasteiger partial charge in [-0.25, -0.2) is 19.6 Å². The monoisotopic (exact) mass is 303 g/mol. The number of ether oxygens (including phenoxy) is 1. The minimum absolute atomic E-state index is 0.171. The Kier molecular flexibility index (Phi) is 4.99. The molecule has 0 unspecified atom stereocenters. The van der Waals surface area contributed by atoms with Crippen molar-refractivity contribution < 1.29 is 13.5 Å². The van der Waals surface area contributed by atoms with Gasteiger partial charge in [-0.2, -0.15) is 4.98 Å². The van der Waals surface area contributed by atoms with E-state index in [-0.39, 0.29) is 6.61 Å². The van der Waals surface area contributed by atoms with Crippen LogP contribution in [0.3, 0.4) is 0 Å². The average Bonchev–Trinajstić information content (AvgIpc) is 2.78. The van der Waals surface area contributed by atoms with Gasteiger partial charge in [0.1, 0.15) is 17.3 Å². The summed E-state index contributed by atoms with van der Waals surface area (Å²) < 4.78 is 28.6. The van der Waals surface area contributed by atoms with E-state index in [1.165, 1.54) is 11.3 Å². The number of nitrogens with two attached hydrogens (primary N) is 1. The van der Waals surface area contributed by atoms with Gasteiger partial charge >= 0.3 is 0 Å². The Bertz CT molecular complexity index is 577. The first-order chi connectivity index (χ1) is 9.60. The molecule has 0 atom stereocenters. The summed E-state index contributed by atoms with van der Waals surface area (Å²) in [5.41, 5.74) is 2.40. The van der Waals surface area contributed by atoms with Gasteiger partial charge in [0.25, 0.3) is 6.43 Å². The number of hydrazine groups is 1. The van der Waals surface area contributed by atoms with Crippen molar-refractivity contribution in [1.82, 2.24) is 9.97 Å². The molecule has 0 fully saturated rings. The second-order valence-electron chi connectivity index (χ2n) is 4.01. The molecule has 4 N–H and O–H groups in total. The van der Waals surface area contributed by atoms with Crippen molar-refractivity contribution in [2.45, 2.75) is 13.3 Å². The molecule has 2 rings (SSSR count). The van der Waals surface area contributed by atoms with Gasteiger partial charge in [0.15, 0.2) is 0 Å². The Morgan fingerprint density at radius 3 is 2.95 bits per heavy atom. The Morgan fingerprint density at radius 1 is 1.45 bits per heavy atom. The van der Waals surface area contributed by atoms with Crippen LogP contribution in [0, 0.1) is 6.92 Å². The molecule has 0 aliphatic rings. The van der Waals surface area contributed by atoms with Gasteiger partial charge in [-0.1, -0.05) is 0 Å². The molecule has 0 saturated heterocycles. The molecule has 0 bridgehead atoms. The molecule has 0 aliphatic carbocycles. The Labute approximate surface area is 118 Å². The van der Waals surface area contributed by atoms with Crippen molar-refractivity contribution in [1.29, 1.82) is 0 Å². The van der Waals surface area contributed by atoms with Gasteiger partial charge in [0.2, 0.25) is 5.95 Å². The summed E-state index contributed by atoms with van der Waals surface area (Å²) in [6.07, 6.45) is -2.45. The summed E-state index contributed by atoms with van der Waals surface area (Å²) >= 11 is 1.53. The molecule has 9 heteroatoms. The zero-order valence-electron chi connectivity index (χ0n) is 10.8. The van der Waals surface area contributed by atoms with Gasteiger partial charge in [-0.05, 0) is 13.0 Å². The minimum Gasteiger partial charge on any atom is -0.374 e. The van der Waals surface area contributed by atoms with E-state index in [0.717, 1.165) is 15.1 Å². The molecular weight excluding hydrogens is 288 g/mol. The van der Waals surface area contributed by atoms with Crippen molar-refractivity contribution >= 4 is 33.3 Å². The maximum absolute atomic E-state index is 11.9. The van der Waals surface area contributed by atoms with Crippen LogP contribution < -0.4 is 16.6 Å². The van der Waals surface area contributed by atoms with Crippen LogP contribution in [0.15, 0.2) is 6.07 Å². The third kappa shape index (κ3) is 3.71. The summed E-state index contributed by atoms with van der Waals surface area (Å²) in [5, 5.41) is 3.91. The number of thiophene rings is 1. The summed E-state index contributed by atoms with van der Waals surface area (Å²) in [6.45, 7) is 1.95. The Morgan fingerprint density at radius 2 is 2.25 bits per heavy atom. The van der Waals surface area contributed by atoms with Crippen molar-refractivity contribution in [3.63, 3.8) is 0 Å². The van der Waals surface area contributed by atoms with Crippen molar-refractivity contribution in [3.8, 4) is 0 Å². The van der Waals surface area contributed by atoms with E-state index in [1.807, 2.05) is 13.0 Å². The minimum atomic E-state index is -2.45. The summed E-state index contributed by atoms with van der Waals surface area (Å²) in [5.74, 6) is 6.23. The molecular formula is C11H15F2N5OS. The lowest BCUT2D eigenvalue weighted by molar-refractivity contribution is 0.0215. The average molecular weight is 303 g/mol. The van der Waals surface area contributed by atoms with Crippen molar-refractivity contribution in [2.24, 2.45) is 5.84 Å². The van der Waals surface area contributed by atoms with Crippen LogP contribution in [-0.4, -0.2) is 36.2 Å². The van der Waals surface area contributed by atoms with E-state index in [4.69, 9.17) is 10.6 Å². The fourth-order valence-corrected chi connectivity index (χ4v) is 2.53. The number of hydrogen-bond acceptors (Lipinski definition) is 7. The molecule has 2 aromatic rings. The molecule has 0 radical (unpaired) electrons. The van der Waals surface area contributed by atoms with Crippen LogP contribution in [0.5, 0.6) is 0 Å². The first-order valence-corrected chi connectivity index (χ1v) is 6.76. The number of nitrogens with one attached hydrogen (secondary N) is 2. The summed E-state index contributed by atoms with van der Waals surface area (Å²) in [4.78, 5) is 10.4. The molecule has 2 heterocycles. The maximum Gasteiger partial charge on any atom is 0.261 e. The molecule has 0 amide bonds. The lowest BCUT2D eigenvalue weighted by Crippen LogP contribution is -2.15. The predicted molar refractivity (Wildman–Crippen MR) is 75.3 cm³/mol. The van der Waals surface area contributed by atoms with E-state index in [1.54, 1.807) is 0 Å². The van der Waals surface area contributed by atoms with Gasteiger partial charge in [-0.3, -0.25) is 5.43 Å². The van der Waals surface area contributed by atoms with Crippen molar-refractivity contribution in [3.05, 3.63) is 10.9 Å². The third-order valence-corrected chi connectivity index (χ3v) is 3.37. The maximum atomic E-state index is 11.9. The van der Waals surface area contributed by atoms with Crippen LogP contribution in [0.1, 0.15) is 4.88 Å². The van der Waals surface area contributed by atoms with Gasteiger partial charge in [0, 0.05) is 11.4 Å². The highest BCUT2D eigenvalue weighted by Gasteiger charge is 2.10. The molecule has 6 nitrogen and oxygen atoms in total. The largest absolute Gasteiger partial charge is 0.374 e. The number of alkyl halides is 2. The highest BCUT2D eigenvalue weighted by Crippen LogP contribution is 2.29. The zero-order chi connectivity index (χ0) is 14.5. The first-order valence-electron chi connectivity index (χ1n) is 5.94. The molecule has 2 aromatic heterocycles. The van der Waals surface area contributed by atoms with Crippen LogP contribution in [-0.2, 0) is 4.74 Å². The standard InChI is InChI=1S/C11H15F2N5OS/c1-6-4-7-9(15-2-3-19-5-8(12)13)16-11(18-14)17-10(7)20-6/h4,8H,2-3,5,14H2,1H3,(H2,15,16,17,18). The van der Waals surface area contributed by atoms with Crippen LogP contribution in [0.25, 0.3) is 10.2 Å². The van der Waals surface area contributed by atoms with E-state index in [9.17, 15) is 8.78 Å². The van der Waals surface area contributed by atoms with E-state index in [0.29, 0.717) is 18.3 Å². The number of halogens is 2. The second-order valence-corrected chi connectivity index (χ2v) is 5.24. The highest BCUT2D eigenvalue weighted by molar-refractivity contribution is 7.18. The first kappa shape index (κ1) is 14.8. The zero-order valence-corrected chi connectivity index (χ0v) is 11.6. The lowest BCUT2D eigenvalue weighted by Gasteiger charge is -2.08. The quantitative estimate of drug-likeness (QED) is 0.412. The van der Waals surface area contributed by atoms with Gasteiger partial charge in [0.05, 0.1) is 12.0 Å². The van der Waals surface area contributed by atoms with Crippen LogP contribution in [0.4, 0.5) is 20.5 Å². The van der Waals surface area contributed by atoms with E-state index < -0.39 is 13.0 Å². The fraction of sp³-hybridized carbons (Fsp3) is 0.455. The highest BCUT2D eigenvalue weighted by atomic mass is 32.1. The number of fused-ring (bicyclic) bond motifs is 1. The van der Waals surface area contributed by atoms with E-state index in [2.05, 4.69) is 20.7 Å². The Balaban J connectivity index is 2.04. The number of nitrogens with zero attached hydrogens (tertiary/aromatic N) is 2. The molecule has 0 saturated carbocycles. The van der Waals surface area contributed by atoms with E-state index >= 15 is 0 Å². The fourth-order valence-electron chi connectivity index (χ4n) is 1.66. The summed E-state index contributed by atoms with van der Waals surface area (Å²) in [6, 6.07) is 1.96. The molecule has 0 spiro atoms. The number of nitrogen functional groups attached to an aromatic ring is 1. The van der Waals surface area contributed by atoms with Gasteiger partial charge in [-0.15, -0.1) is 11.3 Å². The number of hydrogen-bond donors (Lipinski definition) is 3. The Hall–Kier alpha value is -1.58. The topological polar surface area (TPSA) is 85.1 Å². The second kappa shape index (κ2) is 6.73. The lowest BCUT2D eigenvalue weighted by atomic mass is 10.3. The van der Waals surface area contributed by atoms with Crippen LogP contribution >= 0.6 is 11.3 Å². The van der Waals surface area contributed by atoms with Crippen LogP contribution in [0.2, 0.25) is 0 Å². The normalized spacial score (nSPS) is 11.2. The molecule has 20 heavy (non-hydrogen) atoms. The number of aromatic nitrogens is 2. The molecule has 0 aromatic carbocycles. The SMILES string of the molecule is Cc1cc2c(NCCOCC(F)F)nc(NN)nc2s1. The van der Waals surface area contributed by atoms with Crippen molar-refractivity contribution in [2.75, 3.05) is 30.5 Å². The number of anilines is 2. The predicted octanol–water partition coefficient (Wildman–Crippen LogP) is 1.98. The third-order valence-electron chi connectivity index (χ3n) is 2.43.